The molecule has 1 atom stereocenters. The lowest BCUT2D eigenvalue weighted by Gasteiger charge is -2.30. The van der Waals surface area contributed by atoms with Gasteiger partial charge in [-0.25, -0.2) is 0 Å². The number of amides is 1. The second kappa shape index (κ2) is 7.96. The van der Waals surface area contributed by atoms with Gasteiger partial charge in [-0.2, -0.15) is 11.8 Å². The summed E-state index contributed by atoms with van der Waals surface area (Å²) in [6.45, 7) is 7.09. The molecule has 0 radical (unpaired) electrons. The Morgan fingerprint density at radius 1 is 1.38 bits per heavy atom. The molecule has 16 heavy (non-hydrogen) atoms. The average molecular weight is 246 g/mol. The Hall–Kier alpha value is -0.220. The van der Waals surface area contributed by atoms with Crippen LogP contribution in [-0.2, 0) is 4.79 Å². The predicted molar refractivity (Wildman–Crippen MR) is 72.7 cm³/mol. The lowest BCUT2D eigenvalue weighted by molar-refractivity contribution is -0.122. The van der Waals surface area contributed by atoms with Crippen LogP contribution in [0.4, 0.5) is 0 Å². The van der Waals surface area contributed by atoms with Gasteiger partial charge in [0.05, 0.1) is 6.04 Å². The van der Waals surface area contributed by atoms with E-state index in [0.29, 0.717) is 0 Å². The second-order valence-corrected chi connectivity index (χ2v) is 5.48. The van der Waals surface area contributed by atoms with E-state index in [0.717, 1.165) is 32.2 Å². The van der Waals surface area contributed by atoms with E-state index in [-0.39, 0.29) is 16.7 Å². The van der Waals surface area contributed by atoms with Crippen LogP contribution in [0.2, 0.25) is 0 Å². The van der Waals surface area contributed by atoms with Gasteiger partial charge in [0.25, 0.3) is 0 Å². The van der Waals surface area contributed by atoms with Gasteiger partial charge in [-0.05, 0) is 25.5 Å². The third-order valence-electron chi connectivity index (χ3n) is 3.24. The zero-order chi connectivity index (χ0) is 12.6. The fourth-order valence-electron chi connectivity index (χ4n) is 1.68. The molecule has 0 saturated carbocycles. The molecule has 0 spiro atoms. The molecule has 0 aromatic rings. The largest absolute Gasteiger partial charge is 0.353 e. The van der Waals surface area contributed by atoms with Gasteiger partial charge in [0.15, 0.2) is 0 Å². The molecule has 3 N–H and O–H groups in total. The van der Waals surface area contributed by atoms with Crippen LogP contribution < -0.4 is 11.1 Å². The minimum atomic E-state index is -0.349. The highest BCUT2D eigenvalue weighted by molar-refractivity contribution is 8.00. The Kier molecular flexibility index (Phi) is 7.85. The lowest BCUT2D eigenvalue weighted by Crippen LogP contribution is -2.46. The zero-order valence-electron chi connectivity index (χ0n) is 11.0. The molecule has 0 aliphatic carbocycles. The number of carbonyl (C=O) groups is 1. The van der Waals surface area contributed by atoms with Crippen LogP contribution in [0, 0.1) is 0 Å². The Labute approximate surface area is 104 Å². The Morgan fingerprint density at radius 3 is 2.31 bits per heavy atom. The highest BCUT2D eigenvalue weighted by atomic mass is 32.2. The van der Waals surface area contributed by atoms with Crippen molar-refractivity contribution in [3.05, 3.63) is 0 Å². The topological polar surface area (TPSA) is 55.1 Å². The highest BCUT2D eigenvalue weighted by Crippen LogP contribution is 2.29. The normalized spacial score (nSPS) is 13.6. The molecule has 0 bridgehead atoms. The fraction of sp³-hybridized carbons (Fsp3) is 0.917. The van der Waals surface area contributed by atoms with Crippen molar-refractivity contribution in [2.45, 2.75) is 57.2 Å². The minimum Gasteiger partial charge on any atom is -0.353 e. The first-order chi connectivity index (χ1) is 7.55. The quantitative estimate of drug-likeness (QED) is 0.690. The van der Waals surface area contributed by atoms with Crippen molar-refractivity contribution in [3.63, 3.8) is 0 Å². The number of hydrogen-bond donors (Lipinski definition) is 2. The molecule has 0 aliphatic heterocycles. The van der Waals surface area contributed by atoms with E-state index in [9.17, 15) is 4.79 Å². The van der Waals surface area contributed by atoms with E-state index >= 15 is 0 Å². The van der Waals surface area contributed by atoms with Gasteiger partial charge in [0, 0.05) is 11.3 Å². The molecule has 1 amide bonds. The molecule has 0 aliphatic rings. The molecule has 0 heterocycles. The summed E-state index contributed by atoms with van der Waals surface area (Å²) in [6.07, 6.45) is 5.94. The Morgan fingerprint density at radius 2 is 1.94 bits per heavy atom. The zero-order valence-corrected chi connectivity index (χ0v) is 11.8. The van der Waals surface area contributed by atoms with Crippen molar-refractivity contribution in [1.82, 2.24) is 5.32 Å². The third kappa shape index (κ3) is 4.74. The highest BCUT2D eigenvalue weighted by Gasteiger charge is 2.26. The Bertz CT molecular complexity index is 197. The summed E-state index contributed by atoms with van der Waals surface area (Å²) < 4.78 is 0.168. The first-order valence-electron chi connectivity index (χ1n) is 6.13. The molecule has 0 fully saturated rings. The number of hydrogen-bond acceptors (Lipinski definition) is 3. The average Bonchev–Trinajstić information content (AvgIpc) is 2.31. The van der Waals surface area contributed by atoms with E-state index in [1.54, 1.807) is 0 Å². The van der Waals surface area contributed by atoms with Crippen LogP contribution in [-0.4, -0.2) is 29.5 Å². The predicted octanol–water partition coefficient (Wildman–Crippen LogP) is 2.15. The van der Waals surface area contributed by atoms with Crippen molar-refractivity contribution >= 4 is 17.7 Å². The van der Waals surface area contributed by atoms with Gasteiger partial charge in [0.1, 0.15) is 0 Å². The smallest absolute Gasteiger partial charge is 0.236 e. The van der Waals surface area contributed by atoms with Gasteiger partial charge >= 0.3 is 0 Å². The maximum absolute atomic E-state index is 11.7. The number of nitrogens with two attached hydrogens (primary N) is 1. The minimum absolute atomic E-state index is 0.0119. The van der Waals surface area contributed by atoms with Crippen molar-refractivity contribution in [2.75, 3.05) is 12.8 Å². The standard InChI is InChI=1S/C12H26N2OS/c1-5-8-10(13)11(15)14-9-12(6-2,7-3)16-4/h10H,5-9,13H2,1-4H3,(H,14,15)/t10-/m1/s1. The van der Waals surface area contributed by atoms with Crippen LogP contribution in [0.5, 0.6) is 0 Å². The van der Waals surface area contributed by atoms with E-state index in [2.05, 4.69) is 25.4 Å². The van der Waals surface area contributed by atoms with Crippen molar-refractivity contribution < 1.29 is 4.79 Å². The first kappa shape index (κ1) is 15.8. The molecule has 0 unspecified atom stereocenters. The monoisotopic (exact) mass is 246 g/mol. The van der Waals surface area contributed by atoms with Crippen LogP contribution in [0.3, 0.4) is 0 Å². The maximum atomic E-state index is 11.7. The summed E-state index contributed by atoms with van der Waals surface area (Å²) >= 11 is 1.83. The van der Waals surface area contributed by atoms with E-state index < -0.39 is 0 Å². The van der Waals surface area contributed by atoms with Gasteiger partial charge in [0.2, 0.25) is 5.91 Å². The van der Waals surface area contributed by atoms with Gasteiger partial charge in [-0.3, -0.25) is 4.79 Å². The lowest BCUT2D eigenvalue weighted by atomic mass is 10.0. The SMILES string of the molecule is CCC[C@@H](N)C(=O)NCC(CC)(CC)SC. The first-order valence-corrected chi connectivity index (χ1v) is 7.36. The fourth-order valence-corrected chi connectivity index (χ4v) is 2.48. The van der Waals surface area contributed by atoms with E-state index in [1.165, 1.54) is 0 Å². The van der Waals surface area contributed by atoms with Gasteiger partial charge in [-0.15, -0.1) is 0 Å². The summed E-state index contributed by atoms with van der Waals surface area (Å²) in [7, 11) is 0. The van der Waals surface area contributed by atoms with Crippen LogP contribution >= 0.6 is 11.8 Å². The molecule has 0 rings (SSSR count). The Balaban J connectivity index is 4.15. The number of thioether (sulfide) groups is 1. The van der Waals surface area contributed by atoms with E-state index in [4.69, 9.17) is 5.73 Å². The summed E-state index contributed by atoms with van der Waals surface area (Å²) in [6, 6.07) is -0.349. The number of rotatable bonds is 8. The summed E-state index contributed by atoms with van der Waals surface area (Å²) in [5.74, 6) is -0.0119. The molecular weight excluding hydrogens is 220 g/mol. The van der Waals surface area contributed by atoms with Crippen LogP contribution in [0.25, 0.3) is 0 Å². The number of nitrogens with one attached hydrogen (secondary N) is 1. The van der Waals surface area contributed by atoms with Crippen molar-refractivity contribution in [3.8, 4) is 0 Å². The van der Waals surface area contributed by atoms with E-state index in [1.807, 2.05) is 18.7 Å². The molecule has 4 heteroatoms. The molecule has 0 aromatic carbocycles. The van der Waals surface area contributed by atoms with Crippen LogP contribution in [0.15, 0.2) is 0 Å². The van der Waals surface area contributed by atoms with Crippen LogP contribution in [0.1, 0.15) is 46.5 Å². The van der Waals surface area contributed by atoms with Gasteiger partial charge < -0.3 is 11.1 Å². The molecular formula is C12H26N2OS. The molecule has 0 saturated heterocycles. The summed E-state index contributed by atoms with van der Waals surface area (Å²) in [5, 5.41) is 2.98. The maximum Gasteiger partial charge on any atom is 0.236 e. The van der Waals surface area contributed by atoms with Gasteiger partial charge in [-0.1, -0.05) is 27.2 Å². The molecule has 96 valence electrons. The molecule has 3 nitrogen and oxygen atoms in total. The molecule has 0 aromatic heterocycles. The summed E-state index contributed by atoms with van der Waals surface area (Å²) in [5.41, 5.74) is 5.76. The second-order valence-electron chi connectivity index (χ2n) is 4.21. The number of carbonyl (C=O) groups excluding carboxylic acids is 1. The van der Waals surface area contributed by atoms with Crippen molar-refractivity contribution in [2.24, 2.45) is 5.73 Å². The summed E-state index contributed by atoms with van der Waals surface area (Å²) in [4.78, 5) is 11.7. The van der Waals surface area contributed by atoms with Crippen molar-refractivity contribution in [1.29, 1.82) is 0 Å². The third-order valence-corrected chi connectivity index (χ3v) is 4.83.